The van der Waals surface area contributed by atoms with Gasteiger partial charge in [0.1, 0.15) is 5.75 Å². The Morgan fingerprint density at radius 3 is 2.45 bits per heavy atom. The Balaban J connectivity index is 2.30. The molecule has 0 amide bonds. The van der Waals surface area contributed by atoms with Crippen LogP contribution in [0.4, 0.5) is 0 Å². The molecule has 2 aromatic rings. The minimum atomic E-state index is -0.151. The van der Waals surface area contributed by atoms with E-state index in [1.807, 2.05) is 38.1 Å². The van der Waals surface area contributed by atoms with Gasteiger partial charge in [-0.25, -0.2) is 0 Å². The lowest BCUT2D eigenvalue weighted by atomic mass is 9.98. The largest absolute Gasteiger partial charge is 0.491 e. The van der Waals surface area contributed by atoms with Crippen molar-refractivity contribution in [1.29, 1.82) is 0 Å². The second-order valence-electron chi connectivity index (χ2n) is 5.28. The van der Waals surface area contributed by atoms with Gasteiger partial charge in [0.25, 0.3) is 0 Å². The summed E-state index contributed by atoms with van der Waals surface area (Å²) < 4.78 is 6.78. The minimum Gasteiger partial charge on any atom is -0.491 e. The van der Waals surface area contributed by atoms with Crippen LogP contribution in [0, 0.1) is 6.92 Å². The molecule has 3 heteroatoms. The lowest BCUT2D eigenvalue weighted by molar-refractivity contribution is 0.242. The highest BCUT2D eigenvalue weighted by atomic mass is 79.9. The maximum atomic E-state index is 6.38. The van der Waals surface area contributed by atoms with E-state index < -0.39 is 0 Å². The molecule has 2 aromatic carbocycles. The first kappa shape index (κ1) is 15.1. The molecule has 0 aliphatic rings. The van der Waals surface area contributed by atoms with Crippen molar-refractivity contribution in [2.45, 2.75) is 32.9 Å². The van der Waals surface area contributed by atoms with Crippen molar-refractivity contribution in [3.63, 3.8) is 0 Å². The lowest BCUT2D eigenvalue weighted by Gasteiger charge is -2.16. The van der Waals surface area contributed by atoms with Crippen molar-refractivity contribution in [3.8, 4) is 5.75 Å². The van der Waals surface area contributed by atoms with Crippen molar-refractivity contribution in [3.05, 3.63) is 63.6 Å². The number of hydrogen-bond acceptors (Lipinski definition) is 2. The zero-order chi connectivity index (χ0) is 14.7. The van der Waals surface area contributed by atoms with Crippen LogP contribution in [0.5, 0.6) is 5.75 Å². The van der Waals surface area contributed by atoms with Crippen LogP contribution in [0.3, 0.4) is 0 Å². The third kappa shape index (κ3) is 3.84. The average Bonchev–Trinajstić information content (AvgIpc) is 2.36. The number of rotatable bonds is 4. The van der Waals surface area contributed by atoms with Gasteiger partial charge in [-0.1, -0.05) is 34.1 Å². The number of ether oxygens (including phenoxy) is 1. The van der Waals surface area contributed by atoms with Crippen LogP contribution in [0.2, 0.25) is 0 Å². The van der Waals surface area contributed by atoms with Gasteiger partial charge in [0, 0.05) is 4.47 Å². The van der Waals surface area contributed by atoms with E-state index in [-0.39, 0.29) is 12.1 Å². The molecule has 1 unspecified atom stereocenters. The molecule has 0 aliphatic carbocycles. The summed E-state index contributed by atoms with van der Waals surface area (Å²) in [5.41, 5.74) is 9.72. The quantitative estimate of drug-likeness (QED) is 0.887. The summed E-state index contributed by atoms with van der Waals surface area (Å²) in [6.45, 7) is 6.10. The first-order valence-electron chi connectivity index (χ1n) is 6.75. The van der Waals surface area contributed by atoms with Crippen LogP contribution < -0.4 is 10.5 Å². The fraction of sp³-hybridized carbons (Fsp3) is 0.294. The molecule has 2 N–H and O–H groups in total. The molecular formula is C17H20BrNO. The number of aryl methyl sites for hydroxylation is 1. The average molecular weight is 334 g/mol. The Morgan fingerprint density at radius 1 is 1.05 bits per heavy atom. The van der Waals surface area contributed by atoms with Gasteiger partial charge in [-0.3, -0.25) is 0 Å². The fourth-order valence-electron chi connectivity index (χ4n) is 2.19. The minimum absolute atomic E-state index is 0.151. The molecule has 0 aliphatic heterocycles. The van der Waals surface area contributed by atoms with E-state index in [0.717, 1.165) is 21.3 Å². The van der Waals surface area contributed by atoms with Crippen LogP contribution in [0.1, 0.15) is 36.6 Å². The smallest absolute Gasteiger partial charge is 0.120 e. The molecule has 0 heterocycles. The third-order valence-electron chi connectivity index (χ3n) is 3.01. The second-order valence-corrected chi connectivity index (χ2v) is 6.19. The maximum absolute atomic E-state index is 6.38. The number of benzene rings is 2. The van der Waals surface area contributed by atoms with Crippen molar-refractivity contribution in [2.75, 3.05) is 0 Å². The molecule has 1 atom stereocenters. The second kappa shape index (κ2) is 6.42. The summed E-state index contributed by atoms with van der Waals surface area (Å²) in [4.78, 5) is 0. The van der Waals surface area contributed by atoms with Crippen LogP contribution in [-0.2, 0) is 0 Å². The van der Waals surface area contributed by atoms with Crippen LogP contribution >= 0.6 is 15.9 Å². The first-order valence-corrected chi connectivity index (χ1v) is 7.54. The summed E-state index contributed by atoms with van der Waals surface area (Å²) in [6.07, 6.45) is 0.162. The number of hydrogen-bond donors (Lipinski definition) is 1. The lowest BCUT2D eigenvalue weighted by Crippen LogP contribution is -2.13. The van der Waals surface area contributed by atoms with Gasteiger partial charge in [-0.2, -0.15) is 0 Å². The van der Waals surface area contributed by atoms with Gasteiger partial charge >= 0.3 is 0 Å². The van der Waals surface area contributed by atoms with E-state index in [1.54, 1.807) is 0 Å². The SMILES string of the molecule is Cc1cc(Br)cc(C(N)c2cccc(OC(C)C)c2)c1. The summed E-state index contributed by atoms with van der Waals surface area (Å²) in [5, 5.41) is 0. The molecule has 0 aromatic heterocycles. The highest BCUT2D eigenvalue weighted by Crippen LogP contribution is 2.26. The highest BCUT2D eigenvalue weighted by molar-refractivity contribution is 9.10. The standard InChI is InChI=1S/C17H20BrNO/c1-11(2)20-16-6-4-5-13(10-16)17(19)14-7-12(3)8-15(18)9-14/h4-11,17H,19H2,1-3H3. The fourth-order valence-corrected chi connectivity index (χ4v) is 2.82. The third-order valence-corrected chi connectivity index (χ3v) is 3.47. The maximum Gasteiger partial charge on any atom is 0.120 e. The Morgan fingerprint density at radius 2 is 1.80 bits per heavy atom. The Labute approximate surface area is 129 Å². The van der Waals surface area contributed by atoms with Crippen LogP contribution in [0.15, 0.2) is 46.9 Å². The van der Waals surface area contributed by atoms with Crippen molar-refractivity contribution < 1.29 is 4.74 Å². The van der Waals surface area contributed by atoms with E-state index in [9.17, 15) is 0 Å². The Bertz CT molecular complexity index is 575. The van der Waals surface area contributed by atoms with Gasteiger partial charge in [0.15, 0.2) is 0 Å². The molecule has 2 rings (SSSR count). The van der Waals surface area contributed by atoms with Crippen LogP contribution in [0.25, 0.3) is 0 Å². The summed E-state index contributed by atoms with van der Waals surface area (Å²) >= 11 is 3.52. The molecule has 0 bridgehead atoms. The van der Waals surface area contributed by atoms with E-state index in [1.165, 1.54) is 5.56 Å². The molecule has 2 nitrogen and oxygen atoms in total. The normalized spacial score (nSPS) is 12.5. The number of halogens is 1. The molecule has 0 radical (unpaired) electrons. The Kier molecular flexibility index (Phi) is 4.84. The van der Waals surface area contributed by atoms with Gasteiger partial charge in [0.05, 0.1) is 12.1 Å². The van der Waals surface area contributed by atoms with E-state index >= 15 is 0 Å². The van der Waals surface area contributed by atoms with E-state index in [4.69, 9.17) is 10.5 Å². The Hall–Kier alpha value is -1.32. The van der Waals surface area contributed by atoms with Gasteiger partial charge in [-0.15, -0.1) is 0 Å². The summed E-state index contributed by atoms with van der Waals surface area (Å²) in [7, 11) is 0. The predicted molar refractivity (Wildman–Crippen MR) is 87.1 cm³/mol. The predicted octanol–water partition coefficient (Wildman–Crippen LogP) is 4.59. The van der Waals surface area contributed by atoms with Crippen LogP contribution in [-0.4, -0.2) is 6.10 Å². The topological polar surface area (TPSA) is 35.2 Å². The first-order chi connectivity index (χ1) is 9.45. The molecule has 20 heavy (non-hydrogen) atoms. The zero-order valence-corrected chi connectivity index (χ0v) is 13.6. The van der Waals surface area contributed by atoms with Crippen molar-refractivity contribution in [2.24, 2.45) is 5.73 Å². The molecule has 0 spiro atoms. The number of nitrogens with two attached hydrogens (primary N) is 1. The highest BCUT2D eigenvalue weighted by Gasteiger charge is 2.11. The van der Waals surface area contributed by atoms with Crippen molar-refractivity contribution >= 4 is 15.9 Å². The molecule has 0 fully saturated rings. The van der Waals surface area contributed by atoms with E-state index in [2.05, 4.69) is 41.1 Å². The zero-order valence-electron chi connectivity index (χ0n) is 12.1. The molecule has 0 saturated heterocycles. The summed E-state index contributed by atoms with van der Waals surface area (Å²) in [6, 6.07) is 14.1. The molecular weight excluding hydrogens is 314 g/mol. The van der Waals surface area contributed by atoms with Gasteiger partial charge < -0.3 is 10.5 Å². The molecule has 0 saturated carbocycles. The van der Waals surface area contributed by atoms with Gasteiger partial charge in [0.2, 0.25) is 0 Å². The summed E-state index contributed by atoms with van der Waals surface area (Å²) in [5.74, 6) is 0.861. The van der Waals surface area contributed by atoms with Crippen molar-refractivity contribution in [1.82, 2.24) is 0 Å². The van der Waals surface area contributed by atoms with Gasteiger partial charge in [-0.05, 0) is 61.7 Å². The molecule has 106 valence electrons. The van der Waals surface area contributed by atoms with E-state index in [0.29, 0.717) is 0 Å². The monoisotopic (exact) mass is 333 g/mol.